The summed E-state index contributed by atoms with van der Waals surface area (Å²) in [6, 6.07) is 6.50. The molecule has 2 atom stereocenters. The molecule has 0 unspecified atom stereocenters. The van der Waals surface area contributed by atoms with Gasteiger partial charge < -0.3 is 9.15 Å². The Labute approximate surface area is 122 Å². The summed E-state index contributed by atoms with van der Waals surface area (Å²) in [5.41, 5.74) is 0.981. The molecule has 21 heavy (non-hydrogen) atoms. The maximum atomic E-state index is 13.0. The largest absolute Gasteiger partial charge is 0.424 e. The fourth-order valence-corrected chi connectivity index (χ4v) is 2.54. The number of morpholine rings is 1. The molecule has 1 aliphatic heterocycles. The molecular weight excluding hydrogens is 273 g/mol. The van der Waals surface area contributed by atoms with E-state index in [1.165, 1.54) is 12.1 Å². The third kappa shape index (κ3) is 3.11. The Morgan fingerprint density at radius 2 is 2.05 bits per heavy atom. The molecule has 6 heteroatoms. The van der Waals surface area contributed by atoms with Gasteiger partial charge in [0.2, 0.25) is 11.8 Å². The van der Waals surface area contributed by atoms with Gasteiger partial charge in [-0.15, -0.1) is 10.2 Å². The fourth-order valence-electron chi connectivity index (χ4n) is 2.54. The van der Waals surface area contributed by atoms with Crippen LogP contribution in [0.15, 0.2) is 28.7 Å². The van der Waals surface area contributed by atoms with Crippen LogP contribution in [0.3, 0.4) is 0 Å². The molecule has 2 aromatic rings. The Morgan fingerprint density at radius 1 is 1.29 bits per heavy atom. The molecule has 0 amide bonds. The van der Waals surface area contributed by atoms with Crippen molar-refractivity contribution in [1.82, 2.24) is 15.1 Å². The first-order chi connectivity index (χ1) is 10.1. The van der Waals surface area contributed by atoms with Crippen LogP contribution in [0.5, 0.6) is 0 Å². The van der Waals surface area contributed by atoms with E-state index in [1.54, 1.807) is 19.1 Å². The van der Waals surface area contributed by atoms with Crippen molar-refractivity contribution in [1.29, 1.82) is 0 Å². The van der Waals surface area contributed by atoms with Crippen LogP contribution in [0.25, 0.3) is 0 Å². The number of hydrogen-bond donors (Lipinski definition) is 0. The third-order valence-corrected chi connectivity index (χ3v) is 3.79. The lowest BCUT2D eigenvalue weighted by molar-refractivity contribution is -0.0464. The molecule has 1 saturated heterocycles. The van der Waals surface area contributed by atoms with Gasteiger partial charge in [-0.1, -0.05) is 12.1 Å². The summed E-state index contributed by atoms with van der Waals surface area (Å²) in [6.07, 6.45) is -0.0641. The van der Waals surface area contributed by atoms with E-state index < -0.39 is 0 Å². The summed E-state index contributed by atoms with van der Waals surface area (Å²) in [5, 5.41) is 7.95. The fraction of sp³-hybridized carbons (Fsp3) is 0.467. The van der Waals surface area contributed by atoms with E-state index in [9.17, 15) is 4.39 Å². The first-order valence-corrected chi connectivity index (χ1v) is 7.04. The SMILES string of the molecule is Cc1nnc([C@H](C)N2CCO[C@@H](c3ccc(F)cc3)C2)o1. The third-order valence-electron chi connectivity index (χ3n) is 3.79. The van der Waals surface area contributed by atoms with Crippen LogP contribution in [-0.2, 0) is 4.74 Å². The summed E-state index contributed by atoms with van der Waals surface area (Å²) < 4.78 is 24.3. The van der Waals surface area contributed by atoms with Gasteiger partial charge in [-0.25, -0.2) is 4.39 Å². The quantitative estimate of drug-likeness (QED) is 0.870. The Bertz CT molecular complexity index is 599. The van der Waals surface area contributed by atoms with E-state index in [2.05, 4.69) is 15.1 Å². The predicted octanol–water partition coefficient (Wildman–Crippen LogP) is 2.65. The van der Waals surface area contributed by atoms with Crippen LogP contribution in [-0.4, -0.2) is 34.8 Å². The number of benzene rings is 1. The van der Waals surface area contributed by atoms with E-state index in [0.29, 0.717) is 24.9 Å². The van der Waals surface area contributed by atoms with Gasteiger partial charge in [0.05, 0.1) is 18.8 Å². The number of hydrogen-bond acceptors (Lipinski definition) is 5. The Hall–Kier alpha value is -1.79. The molecule has 1 fully saturated rings. The summed E-state index contributed by atoms with van der Waals surface area (Å²) in [4.78, 5) is 2.24. The zero-order valence-corrected chi connectivity index (χ0v) is 12.1. The van der Waals surface area contributed by atoms with Gasteiger partial charge in [-0.05, 0) is 24.6 Å². The van der Waals surface area contributed by atoms with Crippen molar-refractivity contribution in [3.8, 4) is 0 Å². The minimum absolute atomic E-state index is 0.0399. The van der Waals surface area contributed by atoms with Gasteiger partial charge in [-0.3, -0.25) is 4.90 Å². The van der Waals surface area contributed by atoms with Crippen molar-refractivity contribution in [2.45, 2.75) is 26.0 Å². The summed E-state index contributed by atoms with van der Waals surface area (Å²) >= 11 is 0. The molecule has 1 aromatic carbocycles. The predicted molar refractivity (Wildman–Crippen MR) is 74.1 cm³/mol. The molecule has 0 radical (unpaired) electrons. The summed E-state index contributed by atoms with van der Waals surface area (Å²) in [6.45, 7) is 5.97. The van der Waals surface area contributed by atoms with Crippen molar-refractivity contribution >= 4 is 0 Å². The topological polar surface area (TPSA) is 51.4 Å². The molecule has 112 valence electrons. The molecule has 0 bridgehead atoms. The van der Waals surface area contributed by atoms with Crippen LogP contribution >= 0.6 is 0 Å². The van der Waals surface area contributed by atoms with Crippen LogP contribution in [0, 0.1) is 12.7 Å². The molecule has 0 spiro atoms. The molecule has 1 aromatic heterocycles. The van der Waals surface area contributed by atoms with Crippen LogP contribution < -0.4 is 0 Å². The highest BCUT2D eigenvalue weighted by atomic mass is 19.1. The highest BCUT2D eigenvalue weighted by molar-refractivity contribution is 5.19. The highest BCUT2D eigenvalue weighted by Gasteiger charge is 2.28. The lowest BCUT2D eigenvalue weighted by atomic mass is 10.1. The van der Waals surface area contributed by atoms with Gasteiger partial charge in [0.15, 0.2) is 0 Å². The smallest absolute Gasteiger partial charge is 0.233 e. The molecule has 5 nitrogen and oxygen atoms in total. The Kier molecular flexibility index (Phi) is 3.98. The van der Waals surface area contributed by atoms with E-state index >= 15 is 0 Å². The second kappa shape index (κ2) is 5.91. The zero-order chi connectivity index (χ0) is 14.8. The van der Waals surface area contributed by atoms with Crippen molar-refractivity contribution < 1.29 is 13.5 Å². The number of aryl methyl sites for hydroxylation is 1. The maximum absolute atomic E-state index is 13.0. The average Bonchev–Trinajstić information content (AvgIpc) is 2.94. The second-order valence-corrected chi connectivity index (χ2v) is 5.24. The van der Waals surface area contributed by atoms with Gasteiger partial charge in [-0.2, -0.15) is 0 Å². The molecule has 2 heterocycles. The monoisotopic (exact) mass is 291 g/mol. The van der Waals surface area contributed by atoms with E-state index in [-0.39, 0.29) is 18.0 Å². The van der Waals surface area contributed by atoms with Crippen LogP contribution in [0.2, 0.25) is 0 Å². The van der Waals surface area contributed by atoms with Crippen molar-refractivity contribution in [2.75, 3.05) is 19.7 Å². The van der Waals surface area contributed by atoms with E-state index in [4.69, 9.17) is 9.15 Å². The number of aromatic nitrogens is 2. The summed E-state index contributed by atoms with van der Waals surface area (Å²) in [7, 11) is 0. The normalized spacial score (nSPS) is 21.4. The summed E-state index contributed by atoms with van der Waals surface area (Å²) in [5.74, 6) is 0.952. The molecule has 0 N–H and O–H groups in total. The van der Waals surface area contributed by atoms with Crippen molar-refractivity contribution in [3.63, 3.8) is 0 Å². The Morgan fingerprint density at radius 3 is 2.71 bits per heavy atom. The van der Waals surface area contributed by atoms with Crippen molar-refractivity contribution in [2.24, 2.45) is 0 Å². The Balaban J connectivity index is 1.72. The van der Waals surface area contributed by atoms with Gasteiger partial charge >= 0.3 is 0 Å². The van der Waals surface area contributed by atoms with E-state index in [0.717, 1.165) is 12.1 Å². The number of ether oxygens (including phenoxy) is 1. The van der Waals surface area contributed by atoms with Crippen molar-refractivity contribution in [3.05, 3.63) is 47.4 Å². The highest BCUT2D eigenvalue weighted by Crippen LogP contribution is 2.28. The van der Waals surface area contributed by atoms with Gasteiger partial charge in [0.25, 0.3) is 0 Å². The number of rotatable bonds is 3. The average molecular weight is 291 g/mol. The lowest BCUT2D eigenvalue weighted by Gasteiger charge is -2.35. The zero-order valence-electron chi connectivity index (χ0n) is 12.1. The van der Waals surface area contributed by atoms with Gasteiger partial charge in [0, 0.05) is 20.0 Å². The van der Waals surface area contributed by atoms with Crippen LogP contribution in [0.1, 0.15) is 36.4 Å². The second-order valence-electron chi connectivity index (χ2n) is 5.24. The number of nitrogens with zero attached hydrogens (tertiary/aromatic N) is 3. The first kappa shape index (κ1) is 14.2. The molecule has 0 aliphatic carbocycles. The molecular formula is C15H18FN3O2. The van der Waals surface area contributed by atoms with Gasteiger partial charge in [0.1, 0.15) is 5.82 Å². The first-order valence-electron chi connectivity index (χ1n) is 7.04. The minimum Gasteiger partial charge on any atom is -0.424 e. The molecule has 1 aliphatic rings. The number of halogens is 1. The lowest BCUT2D eigenvalue weighted by Crippen LogP contribution is -2.40. The van der Waals surface area contributed by atoms with Crippen LogP contribution in [0.4, 0.5) is 4.39 Å². The van der Waals surface area contributed by atoms with E-state index in [1.807, 2.05) is 6.92 Å². The maximum Gasteiger partial charge on any atom is 0.233 e. The molecule has 0 saturated carbocycles. The standard InChI is InChI=1S/C15H18FN3O2/c1-10(15-18-17-11(2)21-15)19-7-8-20-14(9-19)12-3-5-13(16)6-4-12/h3-6,10,14H,7-9H2,1-2H3/t10-,14+/m0/s1. The minimum atomic E-state index is -0.235. The molecule has 3 rings (SSSR count).